The summed E-state index contributed by atoms with van der Waals surface area (Å²) >= 11 is 0. The second-order valence-corrected chi connectivity index (χ2v) is 8.16. The molecule has 0 spiro atoms. The van der Waals surface area contributed by atoms with Crippen LogP contribution in [0.5, 0.6) is 0 Å². The van der Waals surface area contributed by atoms with Crippen molar-refractivity contribution in [3.8, 4) is 11.5 Å². The molecule has 0 radical (unpaired) electrons. The molecule has 0 aliphatic carbocycles. The summed E-state index contributed by atoms with van der Waals surface area (Å²) in [5, 5.41) is 3.45. The van der Waals surface area contributed by atoms with E-state index < -0.39 is 11.3 Å². The van der Waals surface area contributed by atoms with E-state index in [2.05, 4.69) is 21.2 Å². The molecule has 0 saturated heterocycles. The second kappa shape index (κ2) is 9.42. The molecule has 3 amide bonds. The minimum Gasteiger partial charge on any atom is -0.463 e. The third-order valence-corrected chi connectivity index (χ3v) is 4.60. The maximum Gasteiger partial charge on any atom is 0.270 e. The van der Waals surface area contributed by atoms with E-state index in [4.69, 9.17) is 4.42 Å². The summed E-state index contributed by atoms with van der Waals surface area (Å²) in [5.74, 6) is -0.331. The number of aromatic nitrogens is 1. The van der Waals surface area contributed by atoms with Crippen LogP contribution in [-0.4, -0.2) is 29.3 Å². The molecule has 0 fully saturated rings. The molecule has 8 heteroatoms. The average molecular weight is 422 g/mol. The number of rotatable bonds is 6. The number of carbonyl (C=O) groups is 3. The number of furan rings is 1. The van der Waals surface area contributed by atoms with Gasteiger partial charge in [0, 0.05) is 23.8 Å². The predicted octanol–water partition coefficient (Wildman–Crippen LogP) is 3.20. The van der Waals surface area contributed by atoms with Gasteiger partial charge in [0.1, 0.15) is 5.69 Å². The van der Waals surface area contributed by atoms with Crippen LogP contribution in [0.3, 0.4) is 0 Å². The molecule has 31 heavy (non-hydrogen) atoms. The van der Waals surface area contributed by atoms with Crippen molar-refractivity contribution in [3.63, 3.8) is 0 Å². The lowest BCUT2D eigenvalue weighted by molar-refractivity contribution is -0.128. The van der Waals surface area contributed by atoms with Crippen molar-refractivity contribution in [3.05, 3.63) is 54.3 Å². The zero-order valence-corrected chi connectivity index (χ0v) is 17.8. The zero-order chi connectivity index (χ0) is 22.4. The van der Waals surface area contributed by atoms with Gasteiger partial charge in [0.15, 0.2) is 5.76 Å². The smallest absolute Gasteiger partial charge is 0.270 e. The van der Waals surface area contributed by atoms with Gasteiger partial charge in [0.2, 0.25) is 11.8 Å². The van der Waals surface area contributed by atoms with E-state index in [1.807, 2.05) is 39.0 Å². The molecule has 2 aromatic heterocycles. The summed E-state index contributed by atoms with van der Waals surface area (Å²) in [6.45, 7) is 5.86. The Hall–Kier alpha value is -3.68. The lowest BCUT2D eigenvalue weighted by Gasteiger charge is -2.17. The van der Waals surface area contributed by atoms with Gasteiger partial charge in [-0.25, -0.2) is 4.98 Å². The summed E-state index contributed by atoms with van der Waals surface area (Å²) < 4.78 is 5.40. The van der Waals surface area contributed by atoms with Gasteiger partial charge in [-0.15, -0.1) is 0 Å². The van der Waals surface area contributed by atoms with Crippen molar-refractivity contribution >= 4 is 28.6 Å². The molecular weight excluding hydrogens is 396 g/mol. The number of para-hydroxylation sites is 1. The van der Waals surface area contributed by atoms with Gasteiger partial charge in [-0.2, -0.15) is 0 Å². The Balaban J connectivity index is 1.60. The maximum atomic E-state index is 12.8. The van der Waals surface area contributed by atoms with Crippen LogP contribution in [0.15, 0.2) is 53.1 Å². The number of nitrogens with one attached hydrogen (secondary N) is 3. The first kappa shape index (κ1) is 22.0. The molecule has 0 saturated carbocycles. The Bertz CT molecular complexity index is 1080. The highest BCUT2D eigenvalue weighted by Gasteiger charge is 2.20. The summed E-state index contributed by atoms with van der Waals surface area (Å²) in [7, 11) is 0. The van der Waals surface area contributed by atoms with Crippen LogP contribution in [-0.2, 0) is 9.59 Å². The van der Waals surface area contributed by atoms with Gasteiger partial charge in [-0.05, 0) is 30.7 Å². The number of carbonyl (C=O) groups excluding carboxylic acids is 3. The first-order valence-corrected chi connectivity index (χ1v) is 10.1. The van der Waals surface area contributed by atoms with Crippen molar-refractivity contribution in [1.82, 2.24) is 21.2 Å². The van der Waals surface area contributed by atoms with Crippen LogP contribution in [0.2, 0.25) is 0 Å². The number of hydrogen-bond donors (Lipinski definition) is 3. The van der Waals surface area contributed by atoms with E-state index in [1.165, 1.54) is 6.26 Å². The molecule has 3 rings (SSSR count). The SMILES string of the molecule is CC(C)(C)C(=O)NCCCC(=O)NNC(=O)c1cc(-c2ccco2)nc2ccccc12. The maximum absolute atomic E-state index is 12.8. The molecule has 0 aliphatic rings. The molecule has 0 unspecified atom stereocenters. The highest BCUT2D eigenvalue weighted by atomic mass is 16.3. The van der Waals surface area contributed by atoms with Crippen molar-refractivity contribution in [1.29, 1.82) is 0 Å². The van der Waals surface area contributed by atoms with Crippen molar-refractivity contribution in [2.24, 2.45) is 5.41 Å². The van der Waals surface area contributed by atoms with Crippen LogP contribution >= 0.6 is 0 Å². The number of hydrazine groups is 1. The number of benzene rings is 1. The first-order valence-electron chi connectivity index (χ1n) is 10.1. The average Bonchev–Trinajstić information content (AvgIpc) is 3.28. The molecule has 8 nitrogen and oxygen atoms in total. The highest BCUT2D eigenvalue weighted by Crippen LogP contribution is 2.25. The normalized spacial score (nSPS) is 11.2. The number of amides is 3. The van der Waals surface area contributed by atoms with Crippen molar-refractivity contribution in [2.75, 3.05) is 6.54 Å². The highest BCUT2D eigenvalue weighted by molar-refractivity contribution is 6.07. The van der Waals surface area contributed by atoms with Crippen LogP contribution in [0.25, 0.3) is 22.4 Å². The van der Waals surface area contributed by atoms with E-state index in [1.54, 1.807) is 24.3 Å². The van der Waals surface area contributed by atoms with Gasteiger partial charge >= 0.3 is 0 Å². The van der Waals surface area contributed by atoms with Crippen LogP contribution in [0, 0.1) is 5.41 Å². The molecule has 0 aliphatic heterocycles. The molecule has 162 valence electrons. The Morgan fingerprint density at radius 2 is 1.81 bits per heavy atom. The number of nitrogens with zero attached hydrogens (tertiary/aromatic N) is 1. The van der Waals surface area contributed by atoms with Crippen LogP contribution in [0.1, 0.15) is 44.0 Å². The Morgan fingerprint density at radius 1 is 1.03 bits per heavy atom. The first-order chi connectivity index (χ1) is 14.8. The minimum absolute atomic E-state index is 0.0712. The third kappa shape index (κ3) is 5.69. The van der Waals surface area contributed by atoms with E-state index in [0.717, 1.165) is 0 Å². The summed E-state index contributed by atoms with van der Waals surface area (Å²) in [6, 6.07) is 12.4. The van der Waals surface area contributed by atoms with E-state index in [0.29, 0.717) is 40.9 Å². The van der Waals surface area contributed by atoms with Gasteiger partial charge in [0.25, 0.3) is 5.91 Å². The lowest BCUT2D eigenvalue weighted by atomic mass is 9.96. The van der Waals surface area contributed by atoms with Crippen molar-refractivity contribution < 1.29 is 18.8 Å². The Morgan fingerprint density at radius 3 is 2.52 bits per heavy atom. The molecule has 1 aromatic carbocycles. The fraction of sp³-hybridized carbons (Fsp3) is 0.304. The molecule has 2 heterocycles. The summed E-state index contributed by atoms with van der Waals surface area (Å²) in [5.41, 5.74) is 5.94. The molecule has 3 N–H and O–H groups in total. The topological polar surface area (TPSA) is 113 Å². The summed E-state index contributed by atoms with van der Waals surface area (Å²) in [6.07, 6.45) is 2.17. The van der Waals surface area contributed by atoms with Gasteiger partial charge in [-0.3, -0.25) is 25.2 Å². The number of hydrogen-bond acceptors (Lipinski definition) is 5. The van der Waals surface area contributed by atoms with Crippen molar-refractivity contribution in [2.45, 2.75) is 33.6 Å². The standard InChI is InChI=1S/C23H26N4O4/c1-23(2,3)22(30)24-12-6-11-20(28)26-27-21(29)16-14-18(19-10-7-13-31-19)25-17-9-5-4-8-15(16)17/h4-5,7-10,13-14H,6,11-12H2,1-3H3,(H,24,30)(H,26,28)(H,27,29). The monoisotopic (exact) mass is 422 g/mol. The molecule has 0 atom stereocenters. The number of pyridine rings is 1. The molecule has 3 aromatic rings. The van der Waals surface area contributed by atoms with Gasteiger partial charge in [0.05, 0.1) is 17.3 Å². The Kier molecular flexibility index (Phi) is 6.69. The van der Waals surface area contributed by atoms with Crippen LogP contribution < -0.4 is 16.2 Å². The quantitative estimate of drug-likeness (QED) is 0.417. The second-order valence-electron chi connectivity index (χ2n) is 8.16. The molecule has 0 bridgehead atoms. The van der Waals surface area contributed by atoms with Gasteiger partial charge in [-0.1, -0.05) is 39.0 Å². The fourth-order valence-electron chi connectivity index (χ4n) is 2.89. The van der Waals surface area contributed by atoms with E-state index >= 15 is 0 Å². The Labute approximate surface area is 180 Å². The fourth-order valence-corrected chi connectivity index (χ4v) is 2.89. The summed E-state index contributed by atoms with van der Waals surface area (Å²) in [4.78, 5) is 41.2. The number of fused-ring (bicyclic) bond motifs is 1. The lowest BCUT2D eigenvalue weighted by Crippen LogP contribution is -2.42. The van der Waals surface area contributed by atoms with E-state index in [9.17, 15) is 14.4 Å². The van der Waals surface area contributed by atoms with Crippen LogP contribution in [0.4, 0.5) is 0 Å². The van der Waals surface area contributed by atoms with Gasteiger partial charge < -0.3 is 9.73 Å². The predicted molar refractivity (Wildman–Crippen MR) is 117 cm³/mol. The minimum atomic E-state index is -0.474. The zero-order valence-electron chi connectivity index (χ0n) is 17.8. The largest absolute Gasteiger partial charge is 0.463 e. The third-order valence-electron chi connectivity index (χ3n) is 4.60. The van der Waals surface area contributed by atoms with E-state index in [-0.39, 0.29) is 18.2 Å². The molecular formula is C23H26N4O4.